The number of aromatic nitrogens is 2. The topological polar surface area (TPSA) is 50.2 Å². The maximum absolute atomic E-state index is 12.6. The van der Waals surface area contributed by atoms with Crippen molar-refractivity contribution in [2.75, 3.05) is 11.9 Å². The molecule has 4 rings (SSSR count). The van der Waals surface area contributed by atoms with E-state index in [1.807, 2.05) is 35.0 Å². The lowest BCUT2D eigenvalue weighted by Crippen LogP contribution is -2.35. The van der Waals surface area contributed by atoms with Crippen LogP contribution in [0.1, 0.15) is 50.1 Å². The van der Waals surface area contributed by atoms with Gasteiger partial charge in [0.05, 0.1) is 18.8 Å². The molecule has 1 heterocycles. The van der Waals surface area contributed by atoms with Gasteiger partial charge in [-0.25, -0.2) is 4.68 Å². The van der Waals surface area contributed by atoms with Gasteiger partial charge >= 0.3 is 0 Å². The van der Waals surface area contributed by atoms with Gasteiger partial charge in [0.25, 0.3) is 0 Å². The van der Waals surface area contributed by atoms with Crippen LogP contribution in [0.25, 0.3) is 0 Å². The van der Waals surface area contributed by atoms with E-state index in [1.54, 1.807) is 6.20 Å². The van der Waals surface area contributed by atoms with Crippen LogP contribution in [-0.4, -0.2) is 33.2 Å². The third-order valence-electron chi connectivity index (χ3n) is 5.32. The van der Waals surface area contributed by atoms with E-state index < -0.39 is 0 Å². The molecule has 0 saturated heterocycles. The molecule has 0 spiro atoms. The molecule has 6 heteroatoms. The van der Waals surface area contributed by atoms with E-state index in [0.29, 0.717) is 18.6 Å². The molecule has 1 N–H and O–H groups in total. The Kier molecular flexibility index (Phi) is 5.27. The molecule has 138 valence electrons. The molecular weight excluding hydrogens is 348 g/mol. The summed E-state index contributed by atoms with van der Waals surface area (Å²) >= 11 is 5.97. The molecule has 26 heavy (non-hydrogen) atoms. The quantitative estimate of drug-likeness (QED) is 0.790. The minimum absolute atomic E-state index is 0.0330. The van der Waals surface area contributed by atoms with Crippen LogP contribution in [0.4, 0.5) is 5.82 Å². The summed E-state index contributed by atoms with van der Waals surface area (Å²) in [5.74, 6) is 0.856. The Morgan fingerprint density at radius 1 is 1.15 bits per heavy atom. The van der Waals surface area contributed by atoms with Gasteiger partial charge in [0.1, 0.15) is 5.82 Å². The molecule has 0 radical (unpaired) electrons. The Bertz CT molecular complexity index is 747. The third kappa shape index (κ3) is 4.27. The zero-order chi connectivity index (χ0) is 17.9. The molecular formula is C20H25ClN4O. The zero-order valence-electron chi connectivity index (χ0n) is 14.9. The summed E-state index contributed by atoms with van der Waals surface area (Å²) < 4.78 is 1.99. The number of carbonyl (C=O) groups is 1. The predicted octanol–water partition coefficient (Wildman–Crippen LogP) is 4.25. The standard InChI is InChI=1S/C20H25ClN4O/c21-16-7-5-15(6-8-16)13-24(17-9-10-17)14-20(26)23-19-11-12-22-25(19)18-3-1-2-4-18/h5-8,11-12,17-18H,1-4,9-10,13-14H2,(H,23,26). The first-order valence-corrected chi connectivity index (χ1v) is 9.89. The van der Waals surface area contributed by atoms with Crippen molar-refractivity contribution in [2.45, 2.75) is 57.2 Å². The lowest BCUT2D eigenvalue weighted by atomic mass is 10.2. The van der Waals surface area contributed by atoms with Crippen LogP contribution in [0.5, 0.6) is 0 Å². The summed E-state index contributed by atoms with van der Waals surface area (Å²) in [5.41, 5.74) is 1.19. The fraction of sp³-hybridized carbons (Fsp3) is 0.500. The first kappa shape index (κ1) is 17.6. The fourth-order valence-corrected chi connectivity index (χ4v) is 3.92. The molecule has 2 fully saturated rings. The van der Waals surface area contributed by atoms with Crippen molar-refractivity contribution in [3.63, 3.8) is 0 Å². The third-order valence-corrected chi connectivity index (χ3v) is 5.57. The number of hydrogen-bond donors (Lipinski definition) is 1. The molecule has 2 aromatic rings. The van der Waals surface area contributed by atoms with Gasteiger partial charge in [-0.15, -0.1) is 0 Å². The smallest absolute Gasteiger partial charge is 0.239 e. The van der Waals surface area contributed by atoms with Crippen LogP contribution in [0, 0.1) is 0 Å². The van der Waals surface area contributed by atoms with Gasteiger partial charge in [-0.05, 0) is 43.4 Å². The molecule has 1 aromatic heterocycles. The average molecular weight is 373 g/mol. The van der Waals surface area contributed by atoms with E-state index in [0.717, 1.165) is 30.2 Å². The van der Waals surface area contributed by atoms with Gasteiger partial charge in [0.2, 0.25) is 5.91 Å². The van der Waals surface area contributed by atoms with E-state index in [4.69, 9.17) is 11.6 Å². The summed E-state index contributed by atoms with van der Waals surface area (Å²) in [6.45, 7) is 1.18. The van der Waals surface area contributed by atoms with Crippen molar-refractivity contribution in [1.82, 2.24) is 14.7 Å². The Labute approximate surface area is 159 Å². The summed E-state index contributed by atoms with van der Waals surface area (Å²) in [5, 5.41) is 8.24. The van der Waals surface area contributed by atoms with E-state index in [9.17, 15) is 4.79 Å². The van der Waals surface area contributed by atoms with E-state index in [2.05, 4.69) is 15.3 Å². The van der Waals surface area contributed by atoms with Crippen molar-refractivity contribution in [3.05, 3.63) is 47.1 Å². The number of anilines is 1. The average Bonchev–Trinajstić information content (AvgIpc) is 3.13. The summed E-state index contributed by atoms with van der Waals surface area (Å²) in [6.07, 6.45) is 8.90. The largest absolute Gasteiger partial charge is 0.310 e. The van der Waals surface area contributed by atoms with Crippen molar-refractivity contribution in [1.29, 1.82) is 0 Å². The van der Waals surface area contributed by atoms with E-state index in [1.165, 1.54) is 31.2 Å². The summed E-state index contributed by atoms with van der Waals surface area (Å²) in [6, 6.07) is 10.7. The number of halogens is 1. The second-order valence-corrected chi connectivity index (χ2v) is 7.85. The number of hydrogen-bond acceptors (Lipinski definition) is 3. The zero-order valence-corrected chi connectivity index (χ0v) is 15.7. The van der Waals surface area contributed by atoms with E-state index >= 15 is 0 Å². The molecule has 2 aliphatic carbocycles. The second kappa shape index (κ2) is 7.80. The van der Waals surface area contributed by atoms with Crippen LogP contribution in [0.3, 0.4) is 0 Å². The molecule has 0 bridgehead atoms. The first-order valence-electron chi connectivity index (χ1n) is 9.51. The number of nitrogens with one attached hydrogen (secondary N) is 1. The maximum Gasteiger partial charge on any atom is 0.239 e. The van der Waals surface area contributed by atoms with Crippen LogP contribution in [0.15, 0.2) is 36.5 Å². The molecule has 2 saturated carbocycles. The Balaban J connectivity index is 1.38. The molecule has 1 aromatic carbocycles. The fourth-order valence-electron chi connectivity index (χ4n) is 3.80. The van der Waals surface area contributed by atoms with Gasteiger partial charge in [-0.3, -0.25) is 9.69 Å². The number of rotatable bonds is 7. The highest BCUT2D eigenvalue weighted by Gasteiger charge is 2.30. The maximum atomic E-state index is 12.6. The van der Waals surface area contributed by atoms with Crippen molar-refractivity contribution >= 4 is 23.3 Å². The van der Waals surface area contributed by atoms with Gasteiger partial charge in [0, 0.05) is 23.7 Å². The number of nitrogens with zero attached hydrogens (tertiary/aromatic N) is 3. The highest BCUT2D eigenvalue weighted by atomic mass is 35.5. The Morgan fingerprint density at radius 3 is 2.58 bits per heavy atom. The number of amides is 1. The van der Waals surface area contributed by atoms with Crippen LogP contribution >= 0.6 is 11.6 Å². The Hall–Kier alpha value is -1.85. The molecule has 0 aliphatic heterocycles. The van der Waals surface area contributed by atoms with Gasteiger partial charge in [0.15, 0.2) is 0 Å². The van der Waals surface area contributed by atoms with Crippen molar-refractivity contribution in [3.8, 4) is 0 Å². The van der Waals surface area contributed by atoms with Crippen LogP contribution < -0.4 is 5.32 Å². The van der Waals surface area contributed by atoms with Crippen LogP contribution in [-0.2, 0) is 11.3 Å². The van der Waals surface area contributed by atoms with Crippen LogP contribution in [0.2, 0.25) is 5.02 Å². The minimum atomic E-state index is 0.0330. The molecule has 0 atom stereocenters. The van der Waals surface area contributed by atoms with Crippen molar-refractivity contribution in [2.24, 2.45) is 0 Å². The number of carbonyl (C=O) groups excluding carboxylic acids is 1. The lowest BCUT2D eigenvalue weighted by Gasteiger charge is -2.22. The normalized spacial score (nSPS) is 17.8. The summed E-state index contributed by atoms with van der Waals surface area (Å²) in [4.78, 5) is 14.9. The molecule has 0 unspecified atom stereocenters. The first-order chi connectivity index (χ1) is 12.7. The lowest BCUT2D eigenvalue weighted by molar-refractivity contribution is -0.117. The van der Waals surface area contributed by atoms with Gasteiger partial charge < -0.3 is 5.32 Å². The molecule has 1 amide bonds. The van der Waals surface area contributed by atoms with Gasteiger partial charge in [-0.2, -0.15) is 5.10 Å². The van der Waals surface area contributed by atoms with Gasteiger partial charge in [-0.1, -0.05) is 36.6 Å². The molecule has 5 nitrogen and oxygen atoms in total. The van der Waals surface area contributed by atoms with E-state index in [-0.39, 0.29) is 5.91 Å². The minimum Gasteiger partial charge on any atom is -0.310 e. The second-order valence-electron chi connectivity index (χ2n) is 7.41. The van der Waals surface area contributed by atoms with Crippen molar-refractivity contribution < 1.29 is 4.79 Å². The Morgan fingerprint density at radius 2 is 1.88 bits per heavy atom. The molecule has 2 aliphatic rings. The highest BCUT2D eigenvalue weighted by Crippen LogP contribution is 2.31. The highest BCUT2D eigenvalue weighted by molar-refractivity contribution is 6.30. The predicted molar refractivity (Wildman–Crippen MR) is 103 cm³/mol. The number of benzene rings is 1. The SMILES string of the molecule is O=C(CN(Cc1ccc(Cl)cc1)C1CC1)Nc1ccnn1C1CCCC1. The summed E-state index contributed by atoms with van der Waals surface area (Å²) in [7, 11) is 0. The monoisotopic (exact) mass is 372 g/mol.